The molecule has 2 aromatic carbocycles. The Morgan fingerprint density at radius 2 is 1.68 bits per heavy atom. The van der Waals surface area contributed by atoms with Gasteiger partial charge in [0.25, 0.3) is 14.2 Å². The zero-order valence-corrected chi connectivity index (χ0v) is 27.8. The molecule has 0 radical (unpaired) electrons. The summed E-state index contributed by atoms with van der Waals surface area (Å²) < 4.78 is 23.5. The number of anilines is 1. The van der Waals surface area contributed by atoms with E-state index < -0.39 is 38.4 Å². The molecule has 1 heterocycles. The van der Waals surface area contributed by atoms with Crippen molar-refractivity contribution < 1.29 is 38.1 Å². The number of methoxy groups -OCH3 is 1. The van der Waals surface area contributed by atoms with E-state index in [1.54, 1.807) is 42.5 Å². The fraction of sp³-hybridized carbons (Fsp3) is 0.485. The number of nitrogens with zero attached hydrogens (tertiary/aromatic N) is 1. The number of rotatable bonds is 13. The van der Waals surface area contributed by atoms with E-state index in [0.29, 0.717) is 17.1 Å². The number of amides is 2. The van der Waals surface area contributed by atoms with Crippen LogP contribution in [0.1, 0.15) is 68.7 Å². The van der Waals surface area contributed by atoms with Gasteiger partial charge >= 0.3 is 12.1 Å². The van der Waals surface area contributed by atoms with Crippen LogP contribution in [0.25, 0.3) is 0 Å². The van der Waals surface area contributed by atoms with Crippen molar-refractivity contribution in [1.82, 2.24) is 4.90 Å². The third kappa shape index (κ3) is 7.62. The number of aliphatic hydroxyl groups is 1. The first-order chi connectivity index (χ1) is 20.9. The number of carbonyl (C=O) groups is 3. The first kappa shape index (κ1) is 34.7. The Hall–Kier alpha value is -3.83. The smallest absolute Gasteiger partial charge is 0.411 e. The van der Waals surface area contributed by atoms with Gasteiger partial charge in [0, 0.05) is 12.5 Å². The number of aliphatic hydroxyl groups excluding tert-OH is 1. The predicted octanol–water partition coefficient (Wildman–Crippen LogP) is 6.42. The molecule has 2 aromatic rings. The molecule has 2 atom stereocenters. The molecule has 240 valence electrons. The summed E-state index contributed by atoms with van der Waals surface area (Å²) >= 11 is 0. The van der Waals surface area contributed by atoms with Gasteiger partial charge in [0.15, 0.2) is 5.75 Å². The van der Waals surface area contributed by atoms with E-state index in [4.69, 9.17) is 18.6 Å². The van der Waals surface area contributed by atoms with E-state index >= 15 is 0 Å². The molecule has 1 fully saturated rings. The maximum absolute atomic E-state index is 14.1. The SMILES string of the molecule is C=CCOC(=O)Nc1cc(O[Si](C(C)C)(C(C)C)C(C)C)c(OC)cc1C(=O)N1CC(OC(=O)c2ccccc2)CC1CO. The molecule has 10 nitrogen and oxygen atoms in total. The van der Waals surface area contributed by atoms with Crippen LogP contribution in [0.15, 0.2) is 55.1 Å². The molecule has 0 saturated carbocycles. The molecule has 2 amide bonds. The van der Waals surface area contributed by atoms with E-state index in [-0.39, 0.29) is 54.1 Å². The lowest BCUT2D eigenvalue weighted by molar-refractivity contribution is 0.0315. The highest BCUT2D eigenvalue weighted by Crippen LogP contribution is 2.46. The van der Waals surface area contributed by atoms with Gasteiger partial charge in [-0.1, -0.05) is 72.4 Å². The van der Waals surface area contributed by atoms with Crippen molar-refractivity contribution in [2.75, 3.05) is 32.2 Å². The highest BCUT2D eigenvalue weighted by molar-refractivity contribution is 6.78. The normalized spacial score (nSPS) is 16.7. The van der Waals surface area contributed by atoms with Gasteiger partial charge < -0.3 is 28.6 Å². The summed E-state index contributed by atoms with van der Waals surface area (Å²) in [4.78, 5) is 41.0. The minimum absolute atomic E-state index is 0.0220. The van der Waals surface area contributed by atoms with Gasteiger partial charge in [-0.2, -0.15) is 0 Å². The Bertz CT molecular complexity index is 1290. The zero-order chi connectivity index (χ0) is 32.6. The van der Waals surface area contributed by atoms with Gasteiger partial charge in [-0.15, -0.1) is 0 Å². The van der Waals surface area contributed by atoms with Crippen molar-refractivity contribution in [1.29, 1.82) is 0 Å². The van der Waals surface area contributed by atoms with Gasteiger partial charge in [-0.3, -0.25) is 10.1 Å². The van der Waals surface area contributed by atoms with Crippen molar-refractivity contribution in [2.45, 2.75) is 76.7 Å². The number of hydrogen-bond acceptors (Lipinski definition) is 8. The van der Waals surface area contributed by atoms with E-state index in [1.165, 1.54) is 18.1 Å². The Morgan fingerprint density at radius 3 is 2.23 bits per heavy atom. The summed E-state index contributed by atoms with van der Waals surface area (Å²) in [6, 6.07) is 11.1. The summed E-state index contributed by atoms with van der Waals surface area (Å²) in [7, 11) is -0.957. The Kier molecular flexibility index (Phi) is 12.0. The van der Waals surface area contributed by atoms with Crippen molar-refractivity contribution in [3.63, 3.8) is 0 Å². The number of benzene rings is 2. The van der Waals surface area contributed by atoms with Gasteiger partial charge in [-0.25, -0.2) is 9.59 Å². The molecule has 1 aliphatic rings. The van der Waals surface area contributed by atoms with Crippen LogP contribution in [0.4, 0.5) is 10.5 Å². The minimum atomic E-state index is -2.45. The summed E-state index contributed by atoms with van der Waals surface area (Å²) in [6.45, 7) is 16.2. The third-order valence-corrected chi connectivity index (χ3v) is 14.2. The molecule has 2 unspecified atom stereocenters. The fourth-order valence-corrected chi connectivity index (χ4v) is 11.5. The number of likely N-dealkylation sites (tertiary alicyclic amines) is 1. The van der Waals surface area contributed by atoms with Crippen LogP contribution in [-0.4, -0.2) is 75.3 Å². The zero-order valence-electron chi connectivity index (χ0n) is 26.8. The van der Waals surface area contributed by atoms with Crippen molar-refractivity contribution >= 4 is 32.0 Å². The molecule has 0 bridgehead atoms. The number of ether oxygens (including phenoxy) is 3. The first-order valence-corrected chi connectivity index (χ1v) is 17.2. The van der Waals surface area contributed by atoms with Crippen LogP contribution >= 0.6 is 0 Å². The summed E-state index contributed by atoms with van der Waals surface area (Å²) in [5.41, 5.74) is 1.45. The quantitative estimate of drug-likeness (QED) is 0.148. The largest absolute Gasteiger partial charge is 0.540 e. The third-order valence-electron chi connectivity index (χ3n) is 8.23. The summed E-state index contributed by atoms with van der Waals surface area (Å²) in [5, 5.41) is 12.9. The van der Waals surface area contributed by atoms with Gasteiger partial charge in [0.05, 0.1) is 43.1 Å². The molecule has 0 aromatic heterocycles. The standard InChI is InChI=1S/C33H46N2O8Si/c1-9-15-41-33(39)34-28-18-30(43-44(21(2)3,22(4)5)23(6)7)29(40-8)17-27(28)31(37)35-19-26(16-25(35)20-36)42-32(38)24-13-11-10-12-14-24/h9-14,17-18,21-23,25-26,36H,1,15-16,19-20H2,2-8H3,(H,34,39). The number of esters is 1. The average Bonchev–Trinajstić information content (AvgIpc) is 3.41. The van der Waals surface area contributed by atoms with Crippen LogP contribution < -0.4 is 14.5 Å². The van der Waals surface area contributed by atoms with E-state index in [2.05, 4.69) is 53.4 Å². The Morgan fingerprint density at radius 1 is 1.05 bits per heavy atom. The highest BCUT2D eigenvalue weighted by Gasteiger charge is 2.48. The fourth-order valence-electron chi connectivity index (χ4n) is 6.23. The molecular formula is C33H46N2O8Si. The van der Waals surface area contributed by atoms with Crippen LogP contribution in [0, 0.1) is 0 Å². The first-order valence-electron chi connectivity index (χ1n) is 15.0. The molecule has 3 rings (SSSR count). The van der Waals surface area contributed by atoms with Crippen molar-refractivity contribution in [2.24, 2.45) is 0 Å². The van der Waals surface area contributed by atoms with Crippen LogP contribution in [0.3, 0.4) is 0 Å². The van der Waals surface area contributed by atoms with Gasteiger partial charge in [0.2, 0.25) is 0 Å². The number of hydrogen-bond donors (Lipinski definition) is 2. The second kappa shape index (κ2) is 15.2. The van der Waals surface area contributed by atoms with Gasteiger partial charge in [0.1, 0.15) is 18.5 Å². The molecule has 1 saturated heterocycles. The molecule has 0 spiro atoms. The van der Waals surface area contributed by atoms with Crippen LogP contribution in [0.5, 0.6) is 11.5 Å². The van der Waals surface area contributed by atoms with Crippen LogP contribution in [-0.2, 0) is 9.47 Å². The second-order valence-electron chi connectivity index (χ2n) is 11.9. The van der Waals surface area contributed by atoms with E-state index in [9.17, 15) is 19.5 Å². The highest BCUT2D eigenvalue weighted by atomic mass is 28.4. The van der Waals surface area contributed by atoms with Crippen LogP contribution in [0.2, 0.25) is 16.6 Å². The maximum atomic E-state index is 14.1. The van der Waals surface area contributed by atoms with E-state index in [0.717, 1.165) is 0 Å². The Labute approximate surface area is 261 Å². The molecule has 2 N–H and O–H groups in total. The second-order valence-corrected chi connectivity index (χ2v) is 17.3. The summed E-state index contributed by atoms with van der Waals surface area (Å²) in [6.07, 6.45) is 0.297. The average molecular weight is 627 g/mol. The predicted molar refractivity (Wildman–Crippen MR) is 172 cm³/mol. The molecule has 1 aliphatic heterocycles. The molecular weight excluding hydrogens is 580 g/mol. The maximum Gasteiger partial charge on any atom is 0.411 e. The molecule has 44 heavy (non-hydrogen) atoms. The number of carbonyl (C=O) groups excluding carboxylic acids is 3. The lowest BCUT2D eigenvalue weighted by atomic mass is 10.1. The number of nitrogens with one attached hydrogen (secondary N) is 1. The van der Waals surface area contributed by atoms with Gasteiger partial charge in [-0.05, 0) is 34.8 Å². The summed E-state index contributed by atoms with van der Waals surface area (Å²) in [5.74, 6) is -0.235. The lowest BCUT2D eigenvalue weighted by Gasteiger charge is -2.42. The lowest BCUT2D eigenvalue weighted by Crippen LogP contribution is -2.50. The molecule has 0 aliphatic carbocycles. The Balaban J connectivity index is 2.02. The monoisotopic (exact) mass is 626 g/mol. The molecule has 11 heteroatoms. The topological polar surface area (TPSA) is 124 Å². The minimum Gasteiger partial charge on any atom is -0.540 e. The van der Waals surface area contributed by atoms with Crippen molar-refractivity contribution in [3.05, 3.63) is 66.2 Å². The van der Waals surface area contributed by atoms with E-state index in [1.807, 2.05) is 0 Å². The van der Waals surface area contributed by atoms with Crippen molar-refractivity contribution in [3.8, 4) is 11.5 Å².